The lowest BCUT2D eigenvalue weighted by atomic mass is 10.1. The summed E-state index contributed by atoms with van der Waals surface area (Å²) < 4.78 is 5.33. The molecule has 3 heteroatoms. The van der Waals surface area contributed by atoms with E-state index in [1.54, 1.807) is 0 Å². The van der Waals surface area contributed by atoms with Gasteiger partial charge in [0.15, 0.2) is 5.78 Å². The van der Waals surface area contributed by atoms with E-state index in [0.717, 1.165) is 24.2 Å². The molecule has 15 heavy (non-hydrogen) atoms. The second kappa shape index (κ2) is 4.45. The Balaban J connectivity index is 1.99. The highest BCUT2D eigenvalue weighted by molar-refractivity contribution is 5.99. The second-order valence-electron chi connectivity index (χ2n) is 3.80. The minimum absolute atomic E-state index is 0.264. The molecule has 1 aliphatic carbocycles. The highest BCUT2D eigenvalue weighted by atomic mass is 16.5. The number of ketones is 1. The topological polar surface area (TPSA) is 52.3 Å². The van der Waals surface area contributed by atoms with Crippen LogP contribution in [0.5, 0.6) is 5.75 Å². The second-order valence-corrected chi connectivity index (χ2v) is 3.80. The van der Waals surface area contributed by atoms with Crippen molar-refractivity contribution in [3.8, 4) is 5.75 Å². The quantitative estimate of drug-likeness (QED) is 0.743. The van der Waals surface area contributed by atoms with Gasteiger partial charge in [0.2, 0.25) is 0 Å². The highest BCUT2D eigenvalue weighted by Crippen LogP contribution is 2.32. The largest absolute Gasteiger partial charge is 0.492 e. The fraction of sp³-hybridized carbons (Fsp3) is 0.417. The lowest BCUT2D eigenvalue weighted by Crippen LogP contribution is -2.10. The van der Waals surface area contributed by atoms with Crippen molar-refractivity contribution >= 4 is 5.78 Å². The molecule has 0 unspecified atom stereocenters. The van der Waals surface area contributed by atoms with Crippen LogP contribution in [0.3, 0.4) is 0 Å². The van der Waals surface area contributed by atoms with Gasteiger partial charge in [0.25, 0.3) is 0 Å². The molecule has 1 saturated carbocycles. The molecular weight excluding hydrogens is 190 g/mol. The Morgan fingerprint density at radius 1 is 1.33 bits per heavy atom. The molecule has 0 heterocycles. The van der Waals surface area contributed by atoms with E-state index in [-0.39, 0.29) is 11.7 Å². The Morgan fingerprint density at radius 2 is 2.00 bits per heavy atom. The first-order valence-electron chi connectivity index (χ1n) is 5.28. The number of carbonyl (C=O) groups is 1. The van der Waals surface area contributed by atoms with Crippen LogP contribution in [-0.2, 0) is 0 Å². The summed E-state index contributed by atoms with van der Waals surface area (Å²) in [6.45, 7) is 1.01. The smallest absolute Gasteiger partial charge is 0.165 e. The number of ether oxygens (including phenoxy) is 1. The first-order chi connectivity index (χ1) is 7.31. The monoisotopic (exact) mass is 205 g/mol. The van der Waals surface area contributed by atoms with Crippen LogP contribution in [0.4, 0.5) is 0 Å². The summed E-state index contributed by atoms with van der Waals surface area (Å²) in [6.07, 6.45) is 2.09. The van der Waals surface area contributed by atoms with E-state index in [4.69, 9.17) is 10.5 Å². The third-order valence-corrected chi connectivity index (χ3v) is 2.47. The van der Waals surface area contributed by atoms with Gasteiger partial charge in [-0.15, -0.1) is 0 Å². The predicted molar refractivity (Wildman–Crippen MR) is 58.0 cm³/mol. The number of Topliss-reactive ketones (excluding diaryl/α,β-unsaturated/α-hetero) is 1. The van der Waals surface area contributed by atoms with Crippen molar-refractivity contribution < 1.29 is 9.53 Å². The van der Waals surface area contributed by atoms with Crippen molar-refractivity contribution in [1.82, 2.24) is 0 Å². The molecule has 1 fully saturated rings. The van der Waals surface area contributed by atoms with E-state index in [1.165, 1.54) is 0 Å². The van der Waals surface area contributed by atoms with Crippen LogP contribution < -0.4 is 10.5 Å². The molecule has 0 aromatic heterocycles. The van der Waals surface area contributed by atoms with Gasteiger partial charge < -0.3 is 10.5 Å². The van der Waals surface area contributed by atoms with Crippen LogP contribution in [0, 0.1) is 5.92 Å². The summed E-state index contributed by atoms with van der Waals surface area (Å²) in [4.78, 5) is 11.7. The summed E-state index contributed by atoms with van der Waals surface area (Å²) >= 11 is 0. The van der Waals surface area contributed by atoms with E-state index < -0.39 is 0 Å². The highest BCUT2D eigenvalue weighted by Gasteiger charge is 2.30. The van der Waals surface area contributed by atoms with Gasteiger partial charge in [0.05, 0.1) is 0 Å². The van der Waals surface area contributed by atoms with Gasteiger partial charge in [-0.05, 0) is 37.1 Å². The maximum Gasteiger partial charge on any atom is 0.165 e. The number of benzene rings is 1. The molecule has 80 valence electrons. The maximum absolute atomic E-state index is 11.7. The standard InChI is InChI=1S/C12H15NO2/c13-7-8-15-11-5-3-10(4-6-11)12(14)9-1-2-9/h3-6,9H,1-2,7-8,13H2. The Morgan fingerprint density at radius 3 is 2.53 bits per heavy atom. The number of rotatable bonds is 5. The van der Waals surface area contributed by atoms with Gasteiger partial charge in [-0.25, -0.2) is 0 Å². The van der Waals surface area contributed by atoms with Crippen molar-refractivity contribution in [2.75, 3.05) is 13.2 Å². The van der Waals surface area contributed by atoms with Crippen LogP contribution in [0.25, 0.3) is 0 Å². The average molecular weight is 205 g/mol. The molecule has 2 rings (SSSR count). The molecule has 3 nitrogen and oxygen atoms in total. The number of hydrogen-bond donors (Lipinski definition) is 1. The number of nitrogens with two attached hydrogens (primary N) is 1. The summed E-state index contributed by atoms with van der Waals surface area (Å²) in [7, 11) is 0. The minimum atomic E-state index is 0.264. The zero-order valence-corrected chi connectivity index (χ0v) is 8.61. The van der Waals surface area contributed by atoms with Gasteiger partial charge in [0.1, 0.15) is 12.4 Å². The zero-order valence-electron chi connectivity index (χ0n) is 8.61. The average Bonchev–Trinajstić information content (AvgIpc) is 3.10. The van der Waals surface area contributed by atoms with Gasteiger partial charge in [0, 0.05) is 18.0 Å². The van der Waals surface area contributed by atoms with Gasteiger partial charge in [-0.2, -0.15) is 0 Å². The van der Waals surface area contributed by atoms with Crippen LogP contribution in [0.15, 0.2) is 24.3 Å². The lowest BCUT2D eigenvalue weighted by Gasteiger charge is -2.04. The van der Waals surface area contributed by atoms with Gasteiger partial charge in [-0.3, -0.25) is 4.79 Å². The van der Waals surface area contributed by atoms with Crippen molar-refractivity contribution in [3.63, 3.8) is 0 Å². The lowest BCUT2D eigenvalue weighted by molar-refractivity contribution is 0.0967. The van der Waals surface area contributed by atoms with Crippen LogP contribution in [0.2, 0.25) is 0 Å². The van der Waals surface area contributed by atoms with Gasteiger partial charge in [-0.1, -0.05) is 0 Å². The SMILES string of the molecule is NCCOc1ccc(C(=O)C2CC2)cc1. The van der Waals surface area contributed by atoms with E-state index >= 15 is 0 Å². The first kappa shape index (κ1) is 10.2. The minimum Gasteiger partial charge on any atom is -0.492 e. The molecule has 2 N–H and O–H groups in total. The third-order valence-electron chi connectivity index (χ3n) is 2.47. The third kappa shape index (κ3) is 2.57. The van der Waals surface area contributed by atoms with Gasteiger partial charge >= 0.3 is 0 Å². The molecule has 0 aliphatic heterocycles. The summed E-state index contributed by atoms with van der Waals surface area (Å²) in [6, 6.07) is 7.30. The van der Waals surface area contributed by atoms with E-state index in [1.807, 2.05) is 24.3 Å². The molecular formula is C12H15NO2. The van der Waals surface area contributed by atoms with Crippen molar-refractivity contribution in [3.05, 3.63) is 29.8 Å². The molecule has 0 amide bonds. The fourth-order valence-corrected chi connectivity index (χ4v) is 1.47. The molecule has 1 aliphatic rings. The number of hydrogen-bond acceptors (Lipinski definition) is 3. The summed E-state index contributed by atoms with van der Waals surface area (Å²) in [5.41, 5.74) is 6.11. The zero-order chi connectivity index (χ0) is 10.7. The van der Waals surface area contributed by atoms with E-state index in [0.29, 0.717) is 13.2 Å². The molecule has 0 spiro atoms. The maximum atomic E-state index is 11.7. The van der Waals surface area contributed by atoms with Crippen LogP contribution >= 0.6 is 0 Å². The Hall–Kier alpha value is -1.35. The van der Waals surface area contributed by atoms with Crippen molar-refractivity contribution in [2.45, 2.75) is 12.8 Å². The first-order valence-corrected chi connectivity index (χ1v) is 5.28. The van der Waals surface area contributed by atoms with E-state index in [9.17, 15) is 4.79 Å². The summed E-state index contributed by atoms with van der Waals surface area (Å²) in [5.74, 6) is 1.31. The molecule has 1 aromatic rings. The molecule has 0 radical (unpaired) electrons. The fourth-order valence-electron chi connectivity index (χ4n) is 1.47. The molecule has 0 bridgehead atoms. The van der Waals surface area contributed by atoms with Crippen molar-refractivity contribution in [2.24, 2.45) is 11.7 Å². The van der Waals surface area contributed by atoms with Crippen LogP contribution in [0.1, 0.15) is 23.2 Å². The molecule has 0 atom stereocenters. The normalized spacial score (nSPS) is 15.0. The Bertz CT molecular complexity index is 341. The molecule has 0 saturated heterocycles. The Labute approximate surface area is 89.2 Å². The van der Waals surface area contributed by atoms with E-state index in [2.05, 4.69) is 0 Å². The number of carbonyl (C=O) groups excluding carboxylic acids is 1. The van der Waals surface area contributed by atoms with Crippen molar-refractivity contribution in [1.29, 1.82) is 0 Å². The predicted octanol–water partition coefficient (Wildman–Crippen LogP) is 1.62. The summed E-state index contributed by atoms with van der Waals surface area (Å²) in [5, 5.41) is 0. The Kier molecular flexibility index (Phi) is 3.02. The van der Waals surface area contributed by atoms with Crippen LogP contribution in [-0.4, -0.2) is 18.9 Å². The molecule has 1 aromatic carbocycles.